The molecule has 4 heteroatoms. The van der Waals surface area contributed by atoms with Gasteiger partial charge in [0.15, 0.2) is 0 Å². The van der Waals surface area contributed by atoms with E-state index in [1.54, 1.807) is 6.07 Å². The second-order valence-corrected chi connectivity index (χ2v) is 4.77. The van der Waals surface area contributed by atoms with E-state index < -0.39 is 0 Å². The monoisotopic (exact) mass is 292 g/mol. The van der Waals surface area contributed by atoms with Crippen molar-refractivity contribution in [2.24, 2.45) is 0 Å². The lowest BCUT2D eigenvalue weighted by Crippen LogP contribution is -1.97. The van der Waals surface area contributed by atoms with Gasteiger partial charge in [-0.2, -0.15) is 0 Å². The molecule has 0 saturated heterocycles. The van der Waals surface area contributed by atoms with Gasteiger partial charge in [0.05, 0.1) is 5.69 Å². The standard InChI is InChI=1S/C13H13BrN2O/c1-8-3-5-10(14)7-12(8)17-13-11(15)6-4-9(2)16-13/h3-7H,15H2,1-2H3. The SMILES string of the molecule is Cc1ccc(N)c(Oc2cc(Br)ccc2C)n1. The quantitative estimate of drug-likeness (QED) is 0.915. The van der Waals surface area contributed by atoms with E-state index in [2.05, 4.69) is 20.9 Å². The zero-order chi connectivity index (χ0) is 12.4. The van der Waals surface area contributed by atoms with Crippen LogP contribution in [-0.2, 0) is 0 Å². The highest BCUT2D eigenvalue weighted by Gasteiger charge is 2.07. The maximum atomic E-state index is 5.83. The topological polar surface area (TPSA) is 48.1 Å². The van der Waals surface area contributed by atoms with Crippen molar-refractivity contribution >= 4 is 21.6 Å². The van der Waals surface area contributed by atoms with E-state index in [0.29, 0.717) is 11.6 Å². The van der Waals surface area contributed by atoms with Crippen molar-refractivity contribution in [2.45, 2.75) is 13.8 Å². The van der Waals surface area contributed by atoms with Crippen LogP contribution in [0, 0.1) is 13.8 Å². The minimum absolute atomic E-state index is 0.450. The third-order valence-corrected chi connectivity index (χ3v) is 2.88. The van der Waals surface area contributed by atoms with Gasteiger partial charge in [-0.1, -0.05) is 22.0 Å². The minimum atomic E-state index is 0.450. The van der Waals surface area contributed by atoms with Gasteiger partial charge in [0, 0.05) is 10.2 Å². The van der Waals surface area contributed by atoms with Gasteiger partial charge in [0.1, 0.15) is 5.75 Å². The van der Waals surface area contributed by atoms with Crippen LogP contribution in [-0.4, -0.2) is 4.98 Å². The molecule has 3 nitrogen and oxygen atoms in total. The van der Waals surface area contributed by atoms with Gasteiger partial charge in [0.2, 0.25) is 5.88 Å². The number of pyridine rings is 1. The molecule has 0 aliphatic carbocycles. The molecule has 0 amide bonds. The first-order valence-electron chi connectivity index (χ1n) is 5.23. The fourth-order valence-electron chi connectivity index (χ4n) is 1.41. The molecule has 2 aromatic rings. The molecule has 0 radical (unpaired) electrons. The van der Waals surface area contributed by atoms with E-state index in [-0.39, 0.29) is 0 Å². The predicted molar refractivity (Wildman–Crippen MR) is 72.3 cm³/mol. The average molecular weight is 293 g/mol. The average Bonchev–Trinajstić information content (AvgIpc) is 2.28. The first kappa shape index (κ1) is 11.9. The molecule has 1 aromatic carbocycles. The summed E-state index contributed by atoms with van der Waals surface area (Å²) in [5.41, 5.74) is 8.28. The van der Waals surface area contributed by atoms with Crippen LogP contribution in [0.5, 0.6) is 11.6 Å². The van der Waals surface area contributed by atoms with Gasteiger partial charge >= 0.3 is 0 Å². The Bertz CT molecular complexity index is 506. The maximum absolute atomic E-state index is 5.83. The molecule has 2 rings (SSSR count). The predicted octanol–water partition coefficient (Wildman–Crippen LogP) is 3.84. The number of halogens is 1. The second kappa shape index (κ2) is 4.75. The van der Waals surface area contributed by atoms with E-state index in [1.165, 1.54) is 0 Å². The Balaban J connectivity index is 2.37. The number of nitrogen functional groups attached to an aromatic ring is 1. The Hall–Kier alpha value is -1.55. The summed E-state index contributed by atoms with van der Waals surface area (Å²) in [7, 11) is 0. The van der Waals surface area contributed by atoms with E-state index in [9.17, 15) is 0 Å². The highest BCUT2D eigenvalue weighted by molar-refractivity contribution is 9.10. The maximum Gasteiger partial charge on any atom is 0.242 e. The summed E-state index contributed by atoms with van der Waals surface area (Å²) in [6, 6.07) is 9.50. The minimum Gasteiger partial charge on any atom is -0.437 e. The van der Waals surface area contributed by atoms with Crippen molar-refractivity contribution in [3.8, 4) is 11.6 Å². The summed E-state index contributed by atoms with van der Waals surface area (Å²) in [6.45, 7) is 3.88. The van der Waals surface area contributed by atoms with Gasteiger partial charge in [-0.15, -0.1) is 0 Å². The third kappa shape index (κ3) is 2.77. The van der Waals surface area contributed by atoms with Crippen LogP contribution in [0.15, 0.2) is 34.8 Å². The van der Waals surface area contributed by atoms with E-state index in [1.807, 2.05) is 38.1 Å². The molecule has 88 valence electrons. The van der Waals surface area contributed by atoms with Gasteiger partial charge in [-0.3, -0.25) is 0 Å². The number of nitrogens with zero attached hydrogens (tertiary/aromatic N) is 1. The number of aromatic nitrogens is 1. The molecule has 17 heavy (non-hydrogen) atoms. The van der Waals surface area contributed by atoms with Crippen LogP contribution >= 0.6 is 15.9 Å². The number of aryl methyl sites for hydroxylation is 2. The van der Waals surface area contributed by atoms with Gasteiger partial charge in [-0.05, 0) is 43.7 Å². The van der Waals surface area contributed by atoms with Crippen LogP contribution in [0.1, 0.15) is 11.3 Å². The van der Waals surface area contributed by atoms with Crippen LogP contribution < -0.4 is 10.5 Å². The molecule has 2 N–H and O–H groups in total. The molecule has 0 fully saturated rings. The normalized spacial score (nSPS) is 10.3. The number of rotatable bonds is 2. The summed E-state index contributed by atoms with van der Waals surface area (Å²) >= 11 is 3.41. The largest absolute Gasteiger partial charge is 0.437 e. The Morgan fingerprint density at radius 2 is 1.94 bits per heavy atom. The molecule has 0 spiro atoms. The number of hydrogen-bond donors (Lipinski definition) is 1. The summed E-state index contributed by atoms with van der Waals surface area (Å²) in [4.78, 5) is 4.28. The van der Waals surface area contributed by atoms with Crippen molar-refractivity contribution in [1.82, 2.24) is 4.98 Å². The van der Waals surface area contributed by atoms with Crippen molar-refractivity contribution < 1.29 is 4.74 Å². The number of nitrogens with two attached hydrogens (primary N) is 1. The Labute approximate surface area is 109 Å². The highest BCUT2D eigenvalue weighted by atomic mass is 79.9. The fourth-order valence-corrected chi connectivity index (χ4v) is 1.75. The molecule has 0 saturated carbocycles. The molecular weight excluding hydrogens is 280 g/mol. The highest BCUT2D eigenvalue weighted by Crippen LogP contribution is 2.30. The number of hydrogen-bond acceptors (Lipinski definition) is 3. The molecule has 0 bridgehead atoms. The summed E-state index contributed by atoms with van der Waals surface area (Å²) in [5, 5.41) is 0. The molecule has 1 aromatic heterocycles. The fraction of sp³-hybridized carbons (Fsp3) is 0.154. The lowest BCUT2D eigenvalue weighted by molar-refractivity contribution is 0.460. The Morgan fingerprint density at radius 1 is 1.18 bits per heavy atom. The molecule has 0 aliphatic rings. The van der Waals surface area contributed by atoms with Crippen molar-refractivity contribution in [1.29, 1.82) is 0 Å². The van der Waals surface area contributed by atoms with Crippen molar-refractivity contribution in [3.63, 3.8) is 0 Å². The lowest BCUT2D eigenvalue weighted by atomic mass is 10.2. The number of benzene rings is 1. The van der Waals surface area contributed by atoms with Gasteiger partial charge in [-0.25, -0.2) is 4.98 Å². The Kier molecular flexibility index (Phi) is 3.33. The zero-order valence-electron chi connectivity index (χ0n) is 9.70. The van der Waals surface area contributed by atoms with Crippen LogP contribution in [0.25, 0.3) is 0 Å². The summed E-state index contributed by atoms with van der Waals surface area (Å²) in [6.07, 6.45) is 0. The van der Waals surface area contributed by atoms with Crippen LogP contribution in [0.3, 0.4) is 0 Å². The van der Waals surface area contributed by atoms with Crippen LogP contribution in [0.2, 0.25) is 0 Å². The van der Waals surface area contributed by atoms with Crippen molar-refractivity contribution in [2.75, 3.05) is 5.73 Å². The van der Waals surface area contributed by atoms with Crippen molar-refractivity contribution in [3.05, 3.63) is 46.1 Å². The molecular formula is C13H13BrN2O. The van der Waals surface area contributed by atoms with Gasteiger partial charge < -0.3 is 10.5 Å². The zero-order valence-corrected chi connectivity index (χ0v) is 11.3. The number of ether oxygens (including phenoxy) is 1. The molecule has 0 unspecified atom stereocenters. The molecule has 0 atom stereocenters. The van der Waals surface area contributed by atoms with E-state index in [0.717, 1.165) is 21.5 Å². The first-order chi connectivity index (χ1) is 8.06. The Morgan fingerprint density at radius 3 is 2.71 bits per heavy atom. The third-order valence-electron chi connectivity index (χ3n) is 2.39. The van der Waals surface area contributed by atoms with E-state index in [4.69, 9.17) is 10.5 Å². The lowest BCUT2D eigenvalue weighted by Gasteiger charge is -2.10. The smallest absolute Gasteiger partial charge is 0.242 e. The van der Waals surface area contributed by atoms with Gasteiger partial charge in [0.25, 0.3) is 0 Å². The summed E-state index contributed by atoms with van der Waals surface area (Å²) in [5.74, 6) is 1.20. The first-order valence-corrected chi connectivity index (χ1v) is 6.02. The second-order valence-electron chi connectivity index (χ2n) is 3.86. The molecule has 0 aliphatic heterocycles. The molecule has 1 heterocycles. The van der Waals surface area contributed by atoms with Crippen LogP contribution in [0.4, 0.5) is 5.69 Å². The number of anilines is 1. The van der Waals surface area contributed by atoms with E-state index >= 15 is 0 Å². The summed E-state index contributed by atoms with van der Waals surface area (Å²) < 4.78 is 6.70.